The molecule has 0 aliphatic rings. The fourth-order valence-corrected chi connectivity index (χ4v) is 1.07. The molecule has 0 saturated carbocycles. The lowest BCUT2D eigenvalue weighted by atomic mass is 10.5. The molecule has 0 fully saturated rings. The fourth-order valence-electron chi connectivity index (χ4n) is 1.07. The van der Waals surface area contributed by atoms with Gasteiger partial charge in [0.1, 0.15) is 6.20 Å². The third kappa shape index (κ3) is 3.13. The van der Waals surface area contributed by atoms with Crippen LogP contribution in [0.3, 0.4) is 0 Å². The second-order valence-corrected chi connectivity index (χ2v) is 2.90. The number of aromatic nitrogens is 2. The summed E-state index contributed by atoms with van der Waals surface area (Å²) in [6.45, 7) is 3.69. The van der Waals surface area contributed by atoms with Crippen LogP contribution in [-0.2, 0) is 6.54 Å². The first-order valence-corrected chi connectivity index (χ1v) is 4.56. The van der Waals surface area contributed by atoms with Gasteiger partial charge in [-0.25, -0.2) is 4.79 Å². The first kappa shape index (κ1) is 11.3. The van der Waals surface area contributed by atoms with Crippen LogP contribution < -0.4 is 11.0 Å². The molecule has 0 amide bonds. The molecule has 7 heteroatoms. The van der Waals surface area contributed by atoms with Crippen molar-refractivity contribution in [1.29, 1.82) is 0 Å². The van der Waals surface area contributed by atoms with E-state index >= 15 is 0 Å². The predicted octanol–water partition coefficient (Wildman–Crippen LogP) is -0.239. The quantitative estimate of drug-likeness (QED) is 0.413. The Balaban J connectivity index is 2.81. The van der Waals surface area contributed by atoms with Crippen molar-refractivity contribution < 1.29 is 4.92 Å². The highest BCUT2D eigenvalue weighted by Gasteiger charge is 2.08. The molecular weight excluding hydrogens is 200 g/mol. The summed E-state index contributed by atoms with van der Waals surface area (Å²) in [6.07, 6.45) is 2.17. The molecule has 1 N–H and O–H groups in total. The van der Waals surface area contributed by atoms with E-state index in [1.807, 2.05) is 6.92 Å². The summed E-state index contributed by atoms with van der Waals surface area (Å²) in [5, 5.41) is 13.4. The minimum atomic E-state index is -0.573. The van der Waals surface area contributed by atoms with Crippen LogP contribution in [0.2, 0.25) is 0 Å². The van der Waals surface area contributed by atoms with Crippen LogP contribution >= 0.6 is 0 Å². The summed E-state index contributed by atoms with van der Waals surface area (Å²) in [5.74, 6) is 0. The Morgan fingerprint density at radius 1 is 1.67 bits per heavy atom. The zero-order valence-electron chi connectivity index (χ0n) is 8.34. The van der Waals surface area contributed by atoms with Crippen molar-refractivity contribution in [2.45, 2.75) is 13.5 Å². The molecule has 0 bridgehead atoms. The maximum Gasteiger partial charge on any atom is 0.348 e. The van der Waals surface area contributed by atoms with E-state index in [2.05, 4.69) is 10.3 Å². The molecule has 0 spiro atoms. The van der Waals surface area contributed by atoms with Crippen LogP contribution in [0.15, 0.2) is 17.2 Å². The average molecular weight is 212 g/mol. The first-order valence-electron chi connectivity index (χ1n) is 4.56. The fraction of sp³-hybridized carbons (Fsp3) is 0.500. The highest BCUT2D eigenvalue weighted by Crippen LogP contribution is 2.03. The third-order valence-electron chi connectivity index (χ3n) is 1.83. The van der Waals surface area contributed by atoms with Crippen LogP contribution in [0.1, 0.15) is 6.92 Å². The minimum absolute atomic E-state index is 0.175. The van der Waals surface area contributed by atoms with Gasteiger partial charge >= 0.3 is 11.4 Å². The smallest absolute Gasteiger partial charge is 0.315 e. The van der Waals surface area contributed by atoms with Crippen LogP contribution in [0.25, 0.3) is 0 Å². The molecule has 0 unspecified atom stereocenters. The van der Waals surface area contributed by atoms with Crippen molar-refractivity contribution in [3.05, 3.63) is 33.0 Å². The molecule has 7 nitrogen and oxygen atoms in total. The van der Waals surface area contributed by atoms with Gasteiger partial charge in [-0.3, -0.25) is 14.7 Å². The zero-order chi connectivity index (χ0) is 11.3. The third-order valence-corrected chi connectivity index (χ3v) is 1.83. The Morgan fingerprint density at radius 2 is 2.40 bits per heavy atom. The van der Waals surface area contributed by atoms with Crippen LogP contribution in [0.4, 0.5) is 5.69 Å². The van der Waals surface area contributed by atoms with Crippen molar-refractivity contribution >= 4 is 5.69 Å². The van der Waals surface area contributed by atoms with Crippen molar-refractivity contribution in [2.24, 2.45) is 0 Å². The van der Waals surface area contributed by atoms with Gasteiger partial charge in [0.25, 0.3) is 0 Å². The lowest BCUT2D eigenvalue weighted by Crippen LogP contribution is -2.28. The van der Waals surface area contributed by atoms with E-state index in [4.69, 9.17) is 0 Å². The second-order valence-electron chi connectivity index (χ2n) is 2.90. The Kier molecular flexibility index (Phi) is 3.92. The van der Waals surface area contributed by atoms with Gasteiger partial charge in [0.05, 0.1) is 11.1 Å². The molecule has 1 rings (SSSR count). The van der Waals surface area contributed by atoms with Crippen molar-refractivity contribution in [2.75, 3.05) is 13.1 Å². The summed E-state index contributed by atoms with van der Waals surface area (Å²) in [5.41, 5.74) is -0.649. The van der Waals surface area contributed by atoms with E-state index in [9.17, 15) is 14.9 Å². The van der Waals surface area contributed by atoms with Crippen LogP contribution in [0.5, 0.6) is 0 Å². The molecule has 1 aromatic rings. The van der Waals surface area contributed by atoms with Crippen molar-refractivity contribution in [3.63, 3.8) is 0 Å². The maximum atomic E-state index is 11.2. The summed E-state index contributed by atoms with van der Waals surface area (Å²) >= 11 is 0. The van der Waals surface area contributed by atoms with E-state index in [1.165, 1.54) is 10.8 Å². The number of hydrogen-bond acceptors (Lipinski definition) is 5. The normalized spacial score (nSPS) is 10.2. The Hall–Kier alpha value is -1.76. The summed E-state index contributed by atoms with van der Waals surface area (Å²) in [4.78, 5) is 24.5. The Labute approximate surface area is 85.9 Å². The highest BCUT2D eigenvalue weighted by molar-refractivity contribution is 5.20. The Bertz CT molecular complexity index is 401. The average Bonchev–Trinajstić information content (AvgIpc) is 2.20. The largest absolute Gasteiger partial charge is 0.348 e. The second kappa shape index (κ2) is 5.20. The van der Waals surface area contributed by atoms with E-state index in [0.29, 0.717) is 13.1 Å². The van der Waals surface area contributed by atoms with Gasteiger partial charge in [-0.15, -0.1) is 0 Å². The molecular formula is C8H12N4O3. The van der Waals surface area contributed by atoms with Gasteiger partial charge in [-0.2, -0.15) is 4.98 Å². The standard InChI is InChI=1S/C8H12N4O3/c1-2-9-3-4-11-6-7(12(14)15)5-10-8(11)13/h5-6,9H,2-4H2,1H3. The Morgan fingerprint density at radius 3 is 3.00 bits per heavy atom. The van der Waals surface area contributed by atoms with E-state index in [1.54, 1.807) is 0 Å². The van der Waals surface area contributed by atoms with Crippen LogP contribution in [0, 0.1) is 10.1 Å². The topological polar surface area (TPSA) is 90.1 Å². The van der Waals surface area contributed by atoms with Crippen molar-refractivity contribution in [3.8, 4) is 0 Å². The van der Waals surface area contributed by atoms with E-state index < -0.39 is 10.6 Å². The molecule has 0 aromatic carbocycles. The molecule has 1 aromatic heterocycles. The van der Waals surface area contributed by atoms with Gasteiger partial charge in [0.15, 0.2) is 0 Å². The van der Waals surface area contributed by atoms with Gasteiger partial charge in [-0.1, -0.05) is 6.92 Å². The summed E-state index contributed by atoms with van der Waals surface area (Å²) in [7, 11) is 0. The van der Waals surface area contributed by atoms with Gasteiger partial charge < -0.3 is 5.32 Å². The molecule has 0 radical (unpaired) electrons. The maximum absolute atomic E-state index is 11.2. The summed E-state index contributed by atoms with van der Waals surface area (Å²) in [6, 6.07) is 0. The number of likely N-dealkylation sites (N-methyl/N-ethyl adjacent to an activating group) is 1. The molecule has 0 aliphatic heterocycles. The number of nitrogens with zero attached hydrogens (tertiary/aromatic N) is 3. The number of nitrogens with one attached hydrogen (secondary N) is 1. The number of rotatable bonds is 5. The zero-order valence-corrected chi connectivity index (χ0v) is 8.34. The SMILES string of the molecule is CCNCCn1cc([N+](=O)[O-])cnc1=O. The first-order chi connectivity index (χ1) is 7.15. The van der Waals surface area contributed by atoms with Crippen LogP contribution in [-0.4, -0.2) is 27.6 Å². The van der Waals surface area contributed by atoms with Gasteiger partial charge in [-0.05, 0) is 6.54 Å². The molecule has 0 saturated heterocycles. The van der Waals surface area contributed by atoms with Crippen molar-refractivity contribution in [1.82, 2.24) is 14.9 Å². The molecule has 0 atom stereocenters. The minimum Gasteiger partial charge on any atom is -0.315 e. The molecule has 15 heavy (non-hydrogen) atoms. The highest BCUT2D eigenvalue weighted by atomic mass is 16.6. The monoisotopic (exact) mass is 212 g/mol. The van der Waals surface area contributed by atoms with E-state index in [-0.39, 0.29) is 5.69 Å². The predicted molar refractivity (Wildman–Crippen MR) is 53.7 cm³/mol. The number of nitro groups is 1. The molecule has 0 aliphatic carbocycles. The van der Waals surface area contributed by atoms with Gasteiger partial charge in [0.2, 0.25) is 0 Å². The summed E-state index contributed by atoms with van der Waals surface area (Å²) < 4.78 is 1.22. The molecule has 82 valence electrons. The molecule has 1 heterocycles. The lowest BCUT2D eigenvalue weighted by molar-refractivity contribution is -0.385. The van der Waals surface area contributed by atoms with E-state index in [0.717, 1.165) is 12.7 Å². The lowest BCUT2D eigenvalue weighted by Gasteiger charge is -2.04. The number of hydrogen-bond donors (Lipinski definition) is 1. The van der Waals surface area contributed by atoms with Gasteiger partial charge in [0, 0.05) is 13.1 Å².